The minimum absolute atomic E-state index is 0. The van der Waals surface area contributed by atoms with E-state index < -0.39 is 0 Å². The summed E-state index contributed by atoms with van der Waals surface area (Å²) < 4.78 is 0. The van der Waals surface area contributed by atoms with Crippen LogP contribution < -0.4 is 5.32 Å². The fourth-order valence-electron chi connectivity index (χ4n) is 0.877. The first-order valence-corrected chi connectivity index (χ1v) is 3.80. The average Bonchev–Trinajstić information content (AvgIpc) is 2.08. The van der Waals surface area contributed by atoms with Crippen molar-refractivity contribution in [3.63, 3.8) is 0 Å². The molecule has 0 aliphatic rings. The Balaban J connectivity index is 0.00000144. The summed E-state index contributed by atoms with van der Waals surface area (Å²) in [6.45, 7) is 3.93. The van der Waals surface area contributed by atoms with E-state index >= 15 is 0 Å². The highest BCUT2D eigenvalue weighted by Gasteiger charge is 2.04. The molecule has 13 heavy (non-hydrogen) atoms. The number of rotatable bonds is 1. The second-order valence-corrected chi connectivity index (χ2v) is 2.73. The summed E-state index contributed by atoms with van der Waals surface area (Å²) in [6.07, 6.45) is 1.71. The van der Waals surface area contributed by atoms with Crippen molar-refractivity contribution in [2.24, 2.45) is 0 Å². The van der Waals surface area contributed by atoms with Crippen molar-refractivity contribution in [3.05, 3.63) is 29.1 Å². The molecule has 1 N–H and O–H groups in total. The maximum absolute atomic E-state index is 11.1. The van der Waals surface area contributed by atoms with Crippen molar-refractivity contribution in [2.45, 2.75) is 21.3 Å². The van der Waals surface area contributed by atoms with Crippen LogP contribution in [0.25, 0.3) is 0 Å². The molecule has 1 aromatic rings. The lowest BCUT2D eigenvalue weighted by Gasteiger charge is -2.01. The molecule has 1 rings (SSSR count). The van der Waals surface area contributed by atoms with Crippen LogP contribution in [0.1, 0.15) is 29.0 Å². The van der Waals surface area contributed by atoms with E-state index in [0.717, 1.165) is 11.1 Å². The molecular weight excluding hydrogens is 164 g/mol. The highest BCUT2D eigenvalue weighted by molar-refractivity contribution is 5.92. The third kappa shape index (κ3) is 2.54. The molecule has 0 radical (unpaired) electrons. The Kier molecular flexibility index (Phi) is 4.11. The van der Waals surface area contributed by atoms with E-state index in [2.05, 4.69) is 10.3 Å². The van der Waals surface area contributed by atoms with Gasteiger partial charge in [-0.1, -0.05) is 7.43 Å². The van der Waals surface area contributed by atoms with Crippen molar-refractivity contribution in [3.8, 4) is 0 Å². The van der Waals surface area contributed by atoms with Crippen molar-refractivity contribution in [1.82, 2.24) is 10.3 Å². The predicted molar refractivity (Wildman–Crippen MR) is 53.8 cm³/mol. The van der Waals surface area contributed by atoms with Crippen LogP contribution in [0.5, 0.6) is 0 Å². The quantitative estimate of drug-likeness (QED) is 0.714. The lowest BCUT2D eigenvalue weighted by atomic mass is 10.1. The van der Waals surface area contributed by atoms with Crippen LogP contribution in [0, 0.1) is 13.8 Å². The fourth-order valence-corrected chi connectivity index (χ4v) is 0.877. The molecule has 0 aliphatic heterocycles. The van der Waals surface area contributed by atoms with Gasteiger partial charge < -0.3 is 5.32 Å². The molecule has 0 fully saturated rings. The molecule has 3 nitrogen and oxygen atoms in total. The number of hydrogen-bond donors (Lipinski definition) is 1. The van der Waals surface area contributed by atoms with Crippen LogP contribution in [0.2, 0.25) is 0 Å². The number of hydrogen-bond acceptors (Lipinski definition) is 2. The monoisotopic (exact) mass is 180 g/mol. The molecule has 3 heteroatoms. The zero-order chi connectivity index (χ0) is 9.14. The maximum Gasteiger partial charge on any atom is 0.269 e. The maximum atomic E-state index is 11.1. The third-order valence-corrected chi connectivity index (χ3v) is 1.83. The second kappa shape index (κ2) is 4.60. The normalized spacial score (nSPS) is 8.85. The minimum Gasteiger partial charge on any atom is -0.354 e. The van der Waals surface area contributed by atoms with Gasteiger partial charge in [-0.05, 0) is 31.0 Å². The van der Waals surface area contributed by atoms with E-state index in [0.29, 0.717) is 5.69 Å². The van der Waals surface area contributed by atoms with Crippen LogP contribution in [0.15, 0.2) is 12.3 Å². The van der Waals surface area contributed by atoms with Crippen LogP contribution in [0.4, 0.5) is 0 Å². The predicted octanol–water partition coefficient (Wildman–Crippen LogP) is 1.69. The number of aromatic nitrogens is 1. The van der Waals surface area contributed by atoms with Crippen molar-refractivity contribution in [1.29, 1.82) is 0 Å². The molecule has 0 unspecified atom stereocenters. The molecule has 1 aromatic heterocycles. The number of nitrogens with zero attached hydrogens (tertiary/aromatic N) is 1. The Morgan fingerprint density at radius 1 is 1.38 bits per heavy atom. The van der Waals surface area contributed by atoms with Gasteiger partial charge in [-0.2, -0.15) is 0 Å². The SMILES string of the molecule is C.CNC(=O)c1cc(C)c(C)cn1. The van der Waals surface area contributed by atoms with E-state index in [1.54, 1.807) is 19.3 Å². The number of carbonyl (C=O) groups is 1. The summed E-state index contributed by atoms with van der Waals surface area (Å²) >= 11 is 0. The Bertz CT molecular complexity index is 308. The first kappa shape index (κ1) is 11.6. The lowest BCUT2D eigenvalue weighted by molar-refractivity contribution is 0.0958. The summed E-state index contributed by atoms with van der Waals surface area (Å²) in [7, 11) is 1.60. The second-order valence-electron chi connectivity index (χ2n) is 2.73. The van der Waals surface area contributed by atoms with Gasteiger partial charge in [-0.15, -0.1) is 0 Å². The molecule has 0 atom stereocenters. The fraction of sp³-hybridized carbons (Fsp3) is 0.400. The Morgan fingerprint density at radius 3 is 2.46 bits per heavy atom. The van der Waals surface area contributed by atoms with Crippen molar-refractivity contribution >= 4 is 5.91 Å². The smallest absolute Gasteiger partial charge is 0.269 e. The molecule has 0 aliphatic carbocycles. The molecule has 0 saturated carbocycles. The first-order valence-electron chi connectivity index (χ1n) is 3.80. The van der Waals surface area contributed by atoms with Crippen LogP contribution >= 0.6 is 0 Å². The third-order valence-electron chi connectivity index (χ3n) is 1.83. The van der Waals surface area contributed by atoms with Crippen molar-refractivity contribution in [2.75, 3.05) is 7.05 Å². The van der Waals surface area contributed by atoms with Gasteiger partial charge in [0.15, 0.2) is 0 Å². The summed E-state index contributed by atoms with van der Waals surface area (Å²) in [5.74, 6) is -0.141. The van der Waals surface area contributed by atoms with Crippen LogP contribution in [-0.2, 0) is 0 Å². The van der Waals surface area contributed by atoms with E-state index in [-0.39, 0.29) is 13.3 Å². The summed E-state index contributed by atoms with van der Waals surface area (Å²) in [5.41, 5.74) is 2.66. The van der Waals surface area contributed by atoms with E-state index in [4.69, 9.17) is 0 Å². The number of aryl methyl sites for hydroxylation is 2. The van der Waals surface area contributed by atoms with E-state index in [1.807, 2.05) is 13.8 Å². The summed E-state index contributed by atoms with van der Waals surface area (Å²) in [6, 6.07) is 1.79. The molecular formula is C10H16N2O. The van der Waals surface area contributed by atoms with Gasteiger partial charge in [0.2, 0.25) is 0 Å². The van der Waals surface area contributed by atoms with Gasteiger partial charge >= 0.3 is 0 Å². The molecule has 72 valence electrons. The molecule has 0 aromatic carbocycles. The van der Waals surface area contributed by atoms with Crippen LogP contribution in [0.3, 0.4) is 0 Å². The van der Waals surface area contributed by atoms with Crippen molar-refractivity contribution < 1.29 is 4.79 Å². The van der Waals surface area contributed by atoms with Gasteiger partial charge in [0.25, 0.3) is 5.91 Å². The van der Waals surface area contributed by atoms with Gasteiger partial charge in [-0.25, -0.2) is 0 Å². The highest BCUT2D eigenvalue weighted by Crippen LogP contribution is 2.05. The molecule has 1 heterocycles. The van der Waals surface area contributed by atoms with Gasteiger partial charge in [0, 0.05) is 13.2 Å². The number of amides is 1. The number of carbonyl (C=O) groups excluding carboxylic acids is 1. The van der Waals surface area contributed by atoms with E-state index in [9.17, 15) is 4.79 Å². The van der Waals surface area contributed by atoms with Crippen LogP contribution in [-0.4, -0.2) is 17.9 Å². The zero-order valence-electron chi connectivity index (χ0n) is 7.51. The number of pyridine rings is 1. The Hall–Kier alpha value is -1.38. The molecule has 0 bridgehead atoms. The van der Waals surface area contributed by atoms with E-state index in [1.165, 1.54) is 0 Å². The van der Waals surface area contributed by atoms with Gasteiger partial charge in [0.05, 0.1) is 0 Å². The first-order chi connectivity index (χ1) is 5.65. The number of nitrogens with one attached hydrogen (secondary N) is 1. The largest absolute Gasteiger partial charge is 0.354 e. The summed E-state index contributed by atoms with van der Waals surface area (Å²) in [5, 5.41) is 2.53. The molecule has 0 spiro atoms. The highest BCUT2D eigenvalue weighted by atomic mass is 16.1. The Labute approximate surface area is 79.2 Å². The lowest BCUT2D eigenvalue weighted by Crippen LogP contribution is -2.19. The molecule has 1 amide bonds. The van der Waals surface area contributed by atoms with Gasteiger partial charge in [0.1, 0.15) is 5.69 Å². The topological polar surface area (TPSA) is 42.0 Å². The summed E-state index contributed by atoms with van der Waals surface area (Å²) in [4.78, 5) is 15.1. The average molecular weight is 180 g/mol. The van der Waals surface area contributed by atoms with Gasteiger partial charge in [-0.3, -0.25) is 9.78 Å². The zero-order valence-corrected chi connectivity index (χ0v) is 7.51. The minimum atomic E-state index is -0.141. The standard InChI is InChI=1S/C9H12N2O.CH4/c1-6-4-8(9(12)10-3)11-5-7(6)2;/h4-5H,1-3H3,(H,10,12);1H4. The Morgan fingerprint density at radius 2 is 2.00 bits per heavy atom. The molecule has 0 saturated heterocycles.